The molecular weight excluding hydrogens is 453 g/mol. The zero-order chi connectivity index (χ0) is 22.5. The van der Waals surface area contributed by atoms with Gasteiger partial charge in [0.1, 0.15) is 12.4 Å². The van der Waals surface area contributed by atoms with Crippen LogP contribution in [0.3, 0.4) is 0 Å². The lowest BCUT2D eigenvalue weighted by atomic mass is 10.2. The minimum Gasteiger partial charge on any atom is -0.493 e. The predicted octanol–water partition coefficient (Wildman–Crippen LogP) is 5.13. The van der Waals surface area contributed by atoms with E-state index in [-0.39, 0.29) is 12.4 Å². The van der Waals surface area contributed by atoms with Crippen LogP contribution < -0.4 is 14.9 Å². The molecule has 10 heteroatoms. The maximum absolute atomic E-state index is 13.9. The fourth-order valence-electron chi connectivity index (χ4n) is 3.06. The minimum atomic E-state index is -0.333. The molecule has 0 saturated heterocycles. The summed E-state index contributed by atoms with van der Waals surface area (Å²) in [6.45, 7) is 0.394. The van der Waals surface area contributed by atoms with Gasteiger partial charge in [0.15, 0.2) is 17.3 Å². The molecule has 2 aromatic heterocycles. The molecule has 0 aliphatic carbocycles. The summed E-state index contributed by atoms with van der Waals surface area (Å²) in [5.74, 6) is 1.18. The van der Waals surface area contributed by atoms with Gasteiger partial charge in [0.2, 0.25) is 4.77 Å². The third-order valence-corrected chi connectivity index (χ3v) is 5.34. The van der Waals surface area contributed by atoms with E-state index in [0.717, 1.165) is 11.1 Å². The Labute approximate surface area is 193 Å². The molecule has 2 aromatic carbocycles. The third-order valence-electron chi connectivity index (χ3n) is 4.71. The first-order valence-electron chi connectivity index (χ1n) is 9.61. The molecule has 0 saturated carbocycles. The van der Waals surface area contributed by atoms with Gasteiger partial charge in [-0.15, -0.1) is 0 Å². The van der Waals surface area contributed by atoms with Crippen molar-refractivity contribution in [3.05, 3.63) is 87.7 Å². The zero-order valence-electron chi connectivity index (χ0n) is 17.0. The number of ether oxygens (including phenoxy) is 2. The molecular formula is C22H19ClFN5O2S. The average molecular weight is 472 g/mol. The van der Waals surface area contributed by atoms with Gasteiger partial charge in [0.25, 0.3) is 0 Å². The van der Waals surface area contributed by atoms with Gasteiger partial charge in [-0.05, 0) is 42.0 Å². The normalized spacial score (nSPS) is 10.7. The number of hydrogen-bond acceptors (Lipinski definition) is 6. The highest BCUT2D eigenvalue weighted by Crippen LogP contribution is 2.34. The first-order valence-corrected chi connectivity index (χ1v) is 10.4. The highest BCUT2D eigenvalue weighted by atomic mass is 35.5. The van der Waals surface area contributed by atoms with Crippen LogP contribution in [0.2, 0.25) is 5.02 Å². The van der Waals surface area contributed by atoms with Crippen LogP contribution in [0.5, 0.6) is 11.5 Å². The molecule has 0 bridgehead atoms. The smallest absolute Gasteiger partial charge is 0.214 e. The quantitative estimate of drug-likeness (QED) is 0.347. The number of aromatic amines is 1. The second-order valence-corrected chi connectivity index (χ2v) is 7.53. The van der Waals surface area contributed by atoms with Crippen molar-refractivity contribution in [2.24, 2.45) is 0 Å². The Morgan fingerprint density at radius 2 is 1.91 bits per heavy atom. The van der Waals surface area contributed by atoms with Crippen LogP contribution >= 0.6 is 23.8 Å². The van der Waals surface area contributed by atoms with E-state index in [4.69, 9.17) is 33.3 Å². The van der Waals surface area contributed by atoms with Gasteiger partial charge in [-0.3, -0.25) is 4.98 Å². The van der Waals surface area contributed by atoms with Crippen LogP contribution in [0.4, 0.5) is 4.39 Å². The number of benzene rings is 2. The molecule has 0 unspecified atom stereocenters. The van der Waals surface area contributed by atoms with E-state index >= 15 is 0 Å². The second kappa shape index (κ2) is 9.80. The number of nitrogens with one attached hydrogen (secondary N) is 2. The van der Waals surface area contributed by atoms with E-state index < -0.39 is 0 Å². The van der Waals surface area contributed by atoms with Crippen molar-refractivity contribution in [2.75, 3.05) is 12.5 Å². The fraction of sp³-hybridized carbons (Fsp3) is 0.136. The van der Waals surface area contributed by atoms with Crippen molar-refractivity contribution in [3.8, 4) is 22.9 Å². The molecule has 0 fully saturated rings. The Hall–Kier alpha value is -3.43. The van der Waals surface area contributed by atoms with E-state index in [2.05, 4.69) is 20.6 Å². The number of H-pyrrole nitrogens is 1. The monoisotopic (exact) mass is 471 g/mol. The maximum atomic E-state index is 13.9. The Balaban J connectivity index is 1.53. The summed E-state index contributed by atoms with van der Waals surface area (Å²) in [5.41, 5.74) is 5.26. The molecule has 0 radical (unpaired) electrons. The van der Waals surface area contributed by atoms with E-state index in [1.54, 1.807) is 47.4 Å². The topological polar surface area (TPSA) is 77.0 Å². The second-order valence-electron chi connectivity index (χ2n) is 6.73. The van der Waals surface area contributed by atoms with Crippen molar-refractivity contribution in [1.82, 2.24) is 19.9 Å². The fourth-order valence-corrected chi connectivity index (χ4v) is 3.48. The molecule has 7 nitrogen and oxygen atoms in total. The largest absolute Gasteiger partial charge is 0.493 e. The Kier molecular flexibility index (Phi) is 6.67. The number of hydrogen-bond donors (Lipinski definition) is 2. The molecule has 0 aliphatic rings. The lowest BCUT2D eigenvalue weighted by Crippen LogP contribution is -2.16. The standard InChI is InChI=1S/C22H19ClFN5O2S/c1-30-19-10-16(17(23)11-20(19)31-13-15-4-2-3-5-18(15)24)12-26-29-21(27-28-22(29)32)14-6-8-25-9-7-14/h2-11,26H,12-13H2,1H3,(H,28,32). The van der Waals surface area contributed by atoms with Gasteiger partial charge >= 0.3 is 0 Å². The molecule has 0 atom stereocenters. The SMILES string of the molecule is COc1cc(CNn2c(-c3ccncc3)n[nH]c2=S)c(Cl)cc1OCc1ccccc1F. The van der Waals surface area contributed by atoms with Crippen molar-refractivity contribution >= 4 is 23.8 Å². The Bertz CT molecular complexity index is 1280. The molecule has 2 N–H and O–H groups in total. The zero-order valence-corrected chi connectivity index (χ0v) is 18.6. The summed E-state index contributed by atoms with van der Waals surface area (Å²) in [4.78, 5) is 4.02. The molecule has 2 heterocycles. The number of halogens is 2. The summed E-state index contributed by atoms with van der Waals surface area (Å²) in [6.07, 6.45) is 3.36. The summed E-state index contributed by atoms with van der Waals surface area (Å²) >= 11 is 11.8. The van der Waals surface area contributed by atoms with Crippen molar-refractivity contribution in [2.45, 2.75) is 13.2 Å². The molecule has 4 aromatic rings. The van der Waals surface area contributed by atoms with Gasteiger partial charge in [-0.2, -0.15) is 5.10 Å². The third kappa shape index (κ3) is 4.74. The van der Waals surface area contributed by atoms with Crippen LogP contribution in [-0.2, 0) is 13.2 Å². The summed E-state index contributed by atoms with van der Waals surface area (Å²) in [5, 5.41) is 7.52. The van der Waals surface area contributed by atoms with Crippen LogP contribution in [0.1, 0.15) is 11.1 Å². The first-order chi connectivity index (χ1) is 15.6. The van der Waals surface area contributed by atoms with Crippen molar-refractivity contribution in [3.63, 3.8) is 0 Å². The Morgan fingerprint density at radius 1 is 1.12 bits per heavy atom. The average Bonchev–Trinajstić information content (AvgIpc) is 3.18. The number of methoxy groups -OCH3 is 1. The minimum absolute atomic E-state index is 0.0520. The summed E-state index contributed by atoms with van der Waals surface area (Å²) in [6, 6.07) is 13.5. The Morgan fingerprint density at radius 3 is 2.66 bits per heavy atom. The van der Waals surface area contributed by atoms with Crippen LogP contribution in [0.25, 0.3) is 11.4 Å². The van der Waals surface area contributed by atoms with Crippen LogP contribution in [-0.4, -0.2) is 27.0 Å². The van der Waals surface area contributed by atoms with Gasteiger partial charge in [-0.25, -0.2) is 14.2 Å². The van der Waals surface area contributed by atoms with Crippen LogP contribution in [0.15, 0.2) is 60.9 Å². The molecule has 164 valence electrons. The molecule has 32 heavy (non-hydrogen) atoms. The predicted molar refractivity (Wildman–Crippen MR) is 122 cm³/mol. The number of nitrogens with zero attached hydrogens (tertiary/aromatic N) is 3. The number of rotatable bonds is 8. The maximum Gasteiger partial charge on any atom is 0.214 e. The van der Waals surface area contributed by atoms with Crippen molar-refractivity contribution in [1.29, 1.82) is 0 Å². The van der Waals surface area contributed by atoms with E-state index in [9.17, 15) is 4.39 Å². The van der Waals surface area contributed by atoms with Gasteiger partial charge in [0.05, 0.1) is 13.7 Å². The lowest BCUT2D eigenvalue weighted by molar-refractivity contribution is 0.279. The van der Waals surface area contributed by atoms with Gasteiger partial charge < -0.3 is 14.9 Å². The number of aromatic nitrogens is 4. The van der Waals surface area contributed by atoms with Crippen molar-refractivity contribution < 1.29 is 13.9 Å². The molecule has 0 spiro atoms. The number of pyridine rings is 1. The van der Waals surface area contributed by atoms with E-state index in [1.165, 1.54) is 13.2 Å². The highest BCUT2D eigenvalue weighted by Gasteiger charge is 2.14. The molecule has 0 amide bonds. The first kappa shape index (κ1) is 21.8. The van der Waals surface area contributed by atoms with E-state index in [1.807, 2.05) is 12.1 Å². The van der Waals surface area contributed by atoms with Crippen LogP contribution in [0, 0.1) is 10.6 Å². The lowest BCUT2D eigenvalue weighted by Gasteiger charge is -2.15. The molecule has 4 rings (SSSR count). The van der Waals surface area contributed by atoms with Gasteiger partial charge in [0, 0.05) is 34.6 Å². The van der Waals surface area contributed by atoms with Gasteiger partial charge in [-0.1, -0.05) is 29.8 Å². The molecule has 0 aliphatic heterocycles. The van der Waals surface area contributed by atoms with E-state index in [0.29, 0.717) is 39.2 Å². The highest BCUT2D eigenvalue weighted by molar-refractivity contribution is 7.71. The summed E-state index contributed by atoms with van der Waals surface area (Å²) < 4.78 is 27.2. The summed E-state index contributed by atoms with van der Waals surface area (Å²) in [7, 11) is 1.53.